The molecule has 4 aromatic rings. The number of benzene rings is 2. The fraction of sp³-hybridized carbons (Fsp3) is 0.306. The molecule has 26 heteroatoms. The van der Waals surface area contributed by atoms with Crippen LogP contribution in [0.5, 0.6) is 11.5 Å². The molecule has 336 valence electrons. The van der Waals surface area contributed by atoms with Gasteiger partial charge in [-0.1, -0.05) is 23.7 Å². The summed E-state index contributed by atoms with van der Waals surface area (Å²) in [4.78, 5) is 57.1. The molecule has 62 heavy (non-hydrogen) atoms. The average Bonchev–Trinajstić information content (AvgIpc) is 3.21. The summed E-state index contributed by atoms with van der Waals surface area (Å²) in [7, 11) is 1.68. The molecule has 16 nitrogen and oxygen atoms in total. The third kappa shape index (κ3) is 15.7. The van der Waals surface area contributed by atoms with Crippen molar-refractivity contribution >= 4 is 64.2 Å². The summed E-state index contributed by atoms with van der Waals surface area (Å²) in [5, 5.41) is 28.2. The summed E-state index contributed by atoms with van der Waals surface area (Å²) >= 11 is 6.38. The number of piperazine rings is 1. The smallest absolute Gasteiger partial charge is 0.490 e. The standard InChI is InChI=1S/C30H30ClN7O3.3C2HF3O2/c1-40-27-5-3-2-4-25(27)37-10-12-38(13-11-37)28(39)19-41-26-9-8-22-15-21(26)7-6-20-14-23(17-32-16-20)35-30-33-18-24(31)29(34-22)36-30;3*3-2(4,5)1(6)7/h2-5,8-9,14-18H,6-7,10-13,19H2,1H3,(H2,33,34,35,36);3*(H,6,7). The lowest BCUT2D eigenvalue weighted by Gasteiger charge is -2.36. The van der Waals surface area contributed by atoms with Crippen molar-refractivity contribution in [2.75, 3.05) is 55.4 Å². The maximum atomic E-state index is 13.1. The van der Waals surface area contributed by atoms with Gasteiger partial charge in [0.1, 0.15) is 16.5 Å². The largest absolute Gasteiger partial charge is 0.495 e. The van der Waals surface area contributed by atoms with Gasteiger partial charge in [0.2, 0.25) is 5.95 Å². The van der Waals surface area contributed by atoms with E-state index in [1.165, 1.54) is 0 Å². The Labute approximate surface area is 348 Å². The second-order valence-electron chi connectivity index (χ2n) is 12.3. The molecule has 4 heterocycles. The highest BCUT2D eigenvalue weighted by molar-refractivity contribution is 6.32. The molecule has 1 amide bonds. The van der Waals surface area contributed by atoms with Crippen LogP contribution in [0.25, 0.3) is 0 Å². The Kier molecular flexibility index (Phi) is 17.3. The van der Waals surface area contributed by atoms with E-state index in [-0.39, 0.29) is 12.5 Å². The molecule has 2 aromatic heterocycles. The maximum absolute atomic E-state index is 13.1. The number of hydrogen-bond donors (Lipinski definition) is 5. The molecule has 2 aliphatic rings. The number of methoxy groups -OCH3 is 1. The first-order valence-corrected chi connectivity index (χ1v) is 17.6. The minimum Gasteiger partial charge on any atom is -0.495 e. The molecule has 2 aromatic carbocycles. The van der Waals surface area contributed by atoms with E-state index >= 15 is 0 Å². The van der Waals surface area contributed by atoms with E-state index in [0.717, 1.165) is 53.4 Å². The number of hydrogen-bond acceptors (Lipinski definition) is 12. The number of carbonyl (C=O) groups is 4. The number of aryl methyl sites for hydroxylation is 2. The van der Waals surface area contributed by atoms with Gasteiger partial charge < -0.3 is 45.2 Å². The van der Waals surface area contributed by atoms with Crippen molar-refractivity contribution in [1.29, 1.82) is 0 Å². The third-order valence-corrected chi connectivity index (χ3v) is 8.21. The molecule has 0 aliphatic carbocycles. The Hall–Kier alpha value is -6.79. The Morgan fingerprint density at radius 3 is 1.89 bits per heavy atom. The topological polar surface area (TPSA) is 217 Å². The lowest BCUT2D eigenvalue weighted by atomic mass is 10.0. The lowest BCUT2D eigenvalue weighted by Crippen LogP contribution is -2.50. The van der Waals surface area contributed by atoms with Gasteiger partial charge in [0.15, 0.2) is 12.4 Å². The number of aliphatic carboxylic acids is 3. The van der Waals surface area contributed by atoms with Crippen LogP contribution >= 0.6 is 11.6 Å². The third-order valence-electron chi connectivity index (χ3n) is 7.94. The molecule has 0 spiro atoms. The van der Waals surface area contributed by atoms with Crippen molar-refractivity contribution < 1.29 is 83.5 Å². The zero-order valence-electron chi connectivity index (χ0n) is 31.6. The van der Waals surface area contributed by atoms with E-state index in [0.29, 0.717) is 42.0 Å². The quantitative estimate of drug-likeness (QED) is 0.131. The van der Waals surface area contributed by atoms with Gasteiger partial charge >= 0.3 is 36.4 Å². The number of amides is 1. The highest BCUT2D eigenvalue weighted by atomic mass is 35.5. The SMILES string of the molecule is COc1ccccc1N1CCN(C(=O)COc2ccc3cc2CCc2cncc(c2)Nc2ncc(Cl)c(n2)N3)CC1.O=C(O)C(F)(F)F.O=C(O)C(F)(F)F.O=C(O)C(F)(F)F. The van der Waals surface area contributed by atoms with Crippen molar-refractivity contribution in [3.05, 3.63) is 83.3 Å². The molecule has 6 bridgehead atoms. The zero-order chi connectivity index (χ0) is 46.4. The van der Waals surface area contributed by atoms with Crippen LogP contribution in [0.4, 0.5) is 68.3 Å². The summed E-state index contributed by atoms with van der Waals surface area (Å²) in [5.74, 6) is -5.90. The van der Waals surface area contributed by atoms with Gasteiger partial charge in [-0.2, -0.15) is 44.5 Å². The summed E-state index contributed by atoms with van der Waals surface area (Å²) in [6.07, 6.45) is -8.70. The number of carboxylic acids is 3. The highest BCUT2D eigenvalue weighted by Gasteiger charge is 2.39. The van der Waals surface area contributed by atoms with Crippen LogP contribution in [0.2, 0.25) is 5.02 Å². The van der Waals surface area contributed by atoms with Crippen LogP contribution in [0, 0.1) is 0 Å². The number of carboxylic acid groups (broad SMARTS) is 3. The van der Waals surface area contributed by atoms with E-state index in [1.807, 2.05) is 59.6 Å². The molecule has 0 unspecified atom stereocenters. The normalized spacial score (nSPS) is 13.4. The summed E-state index contributed by atoms with van der Waals surface area (Å²) in [5.41, 5.74) is 4.66. The maximum Gasteiger partial charge on any atom is 0.490 e. The van der Waals surface area contributed by atoms with Gasteiger partial charge in [-0.3, -0.25) is 9.78 Å². The Bertz CT molecular complexity index is 2130. The first kappa shape index (κ1) is 49.6. The summed E-state index contributed by atoms with van der Waals surface area (Å²) in [6, 6.07) is 15.8. The molecular formula is C36H33ClF9N7O9. The molecule has 1 fully saturated rings. The first-order chi connectivity index (χ1) is 28.9. The molecule has 0 radical (unpaired) electrons. The van der Waals surface area contributed by atoms with Gasteiger partial charge in [-0.25, -0.2) is 19.4 Å². The van der Waals surface area contributed by atoms with Crippen molar-refractivity contribution in [3.8, 4) is 11.5 Å². The fourth-order valence-corrected chi connectivity index (χ4v) is 5.20. The minimum absolute atomic E-state index is 0.0313. The van der Waals surface area contributed by atoms with Gasteiger partial charge in [-0.15, -0.1) is 0 Å². The molecule has 6 rings (SSSR count). The number of carbonyl (C=O) groups excluding carboxylic acids is 1. The predicted octanol–water partition coefficient (Wildman–Crippen LogP) is 6.75. The molecule has 0 saturated carbocycles. The van der Waals surface area contributed by atoms with Gasteiger partial charge in [-0.05, 0) is 60.4 Å². The van der Waals surface area contributed by atoms with Crippen LogP contribution in [0.15, 0.2) is 67.1 Å². The zero-order valence-corrected chi connectivity index (χ0v) is 32.4. The van der Waals surface area contributed by atoms with E-state index in [9.17, 15) is 44.3 Å². The van der Waals surface area contributed by atoms with Crippen LogP contribution in [0.3, 0.4) is 0 Å². The number of alkyl halides is 9. The lowest BCUT2D eigenvalue weighted by molar-refractivity contribution is -0.193. The summed E-state index contributed by atoms with van der Waals surface area (Å²) < 4.78 is 107. The monoisotopic (exact) mass is 913 g/mol. The second-order valence-corrected chi connectivity index (χ2v) is 12.7. The Balaban J connectivity index is 0.000000403. The number of ether oxygens (including phenoxy) is 2. The first-order valence-electron chi connectivity index (χ1n) is 17.2. The number of nitrogens with zero attached hydrogens (tertiary/aromatic N) is 5. The van der Waals surface area contributed by atoms with Crippen LogP contribution in [-0.2, 0) is 32.0 Å². The van der Waals surface area contributed by atoms with Crippen molar-refractivity contribution in [1.82, 2.24) is 19.9 Å². The average molecular weight is 914 g/mol. The minimum atomic E-state index is -5.08. The number of nitrogens with one attached hydrogen (secondary N) is 2. The Morgan fingerprint density at radius 1 is 0.742 bits per heavy atom. The number of anilines is 5. The van der Waals surface area contributed by atoms with Crippen LogP contribution in [0.1, 0.15) is 11.1 Å². The van der Waals surface area contributed by atoms with Crippen molar-refractivity contribution in [2.45, 2.75) is 31.4 Å². The number of fused-ring (bicyclic) bond motifs is 6. The van der Waals surface area contributed by atoms with E-state index in [4.69, 9.17) is 50.8 Å². The number of aromatic nitrogens is 3. The summed E-state index contributed by atoms with van der Waals surface area (Å²) in [6.45, 7) is 2.67. The molecule has 2 aliphatic heterocycles. The number of para-hydroxylation sites is 2. The number of rotatable bonds is 5. The van der Waals surface area contributed by atoms with Gasteiger partial charge in [0, 0.05) is 38.1 Å². The Morgan fingerprint density at radius 2 is 1.32 bits per heavy atom. The van der Waals surface area contributed by atoms with E-state index < -0.39 is 36.4 Å². The van der Waals surface area contributed by atoms with Crippen LogP contribution < -0.4 is 25.0 Å². The fourth-order valence-electron chi connectivity index (χ4n) is 5.06. The number of pyridine rings is 1. The molecule has 0 atom stereocenters. The van der Waals surface area contributed by atoms with Crippen LogP contribution in [-0.4, -0.2) is 117 Å². The second kappa shape index (κ2) is 21.6. The molecule has 1 saturated heterocycles. The highest BCUT2D eigenvalue weighted by Crippen LogP contribution is 2.31. The van der Waals surface area contributed by atoms with Crippen molar-refractivity contribution in [2.24, 2.45) is 0 Å². The van der Waals surface area contributed by atoms with Gasteiger partial charge in [0.25, 0.3) is 5.91 Å². The number of halogens is 10. The van der Waals surface area contributed by atoms with E-state index in [2.05, 4.69) is 30.5 Å². The van der Waals surface area contributed by atoms with E-state index in [1.54, 1.807) is 19.5 Å². The van der Waals surface area contributed by atoms with Crippen molar-refractivity contribution in [3.63, 3.8) is 0 Å². The molecule has 5 N–H and O–H groups in total. The predicted molar refractivity (Wildman–Crippen MR) is 200 cm³/mol. The molecular weight excluding hydrogens is 881 g/mol. The van der Waals surface area contributed by atoms with Gasteiger partial charge in [0.05, 0.1) is 30.9 Å².